The minimum atomic E-state index is -3.65. The molecule has 2 aromatic rings. The van der Waals surface area contributed by atoms with E-state index in [2.05, 4.69) is 5.32 Å². The van der Waals surface area contributed by atoms with E-state index in [1.54, 1.807) is 43.0 Å². The van der Waals surface area contributed by atoms with Crippen LogP contribution in [0.15, 0.2) is 48.5 Å². The van der Waals surface area contributed by atoms with Crippen molar-refractivity contribution in [2.24, 2.45) is 0 Å². The number of halogens is 1. The van der Waals surface area contributed by atoms with Crippen molar-refractivity contribution < 1.29 is 17.9 Å². The summed E-state index contributed by atoms with van der Waals surface area (Å²) >= 11 is 7.77. The largest absolute Gasteiger partial charge is 0.497 e. The van der Waals surface area contributed by atoms with Gasteiger partial charge >= 0.3 is 0 Å². The monoisotopic (exact) mass is 456 g/mol. The van der Waals surface area contributed by atoms with Crippen molar-refractivity contribution in [3.8, 4) is 5.75 Å². The Morgan fingerprint density at radius 2 is 1.86 bits per heavy atom. The summed E-state index contributed by atoms with van der Waals surface area (Å²) in [7, 11) is -2.12. The first-order valence-electron chi connectivity index (χ1n) is 8.96. The van der Waals surface area contributed by atoms with Gasteiger partial charge < -0.3 is 10.1 Å². The van der Waals surface area contributed by atoms with E-state index in [1.807, 2.05) is 24.3 Å². The predicted octanol–water partition coefficient (Wildman–Crippen LogP) is 3.55. The van der Waals surface area contributed by atoms with E-state index >= 15 is 0 Å². The van der Waals surface area contributed by atoms with Crippen LogP contribution in [0.1, 0.15) is 12.5 Å². The Morgan fingerprint density at radius 1 is 1.21 bits per heavy atom. The van der Waals surface area contributed by atoms with Crippen LogP contribution in [0.25, 0.3) is 0 Å². The number of carbonyl (C=O) groups excluding carboxylic acids is 1. The molecule has 0 heterocycles. The molecule has 1 N–H and O–H groups in total. The minimum absolute atomic E-state index is 0.357. The molecule has 0 aliphatic carbocycles. The summed E-state index contributed by atoms with van der Waals surface area (Å²) in [6.45, 7) is 2.00. The molecule has 0 saturated heterocycles. The van der Waals surface area contributed by atoms with Crippen molar-refractivity contribution in [3.63, 3.8) is 0 Å². The smallest absolute Gasteiger partial charge is 0.243 e. The Balaban J connectivity index is 1.92. The minimum Gasteiger partial charge on any atom is -0.497 e. The fourth-order valence-corrected chi connectivity index (χ4v) is 5.05. The number of ether oxygens (including phenoxy) is 1. The number of benzene rings is 2. The molecule has 9 heteroatoms. The molecule has 0 aliphatic heterocycles. The number of carbonyl (C=O) groups is 1. The highest BCUT2D eigenvalue weighted by Crippen LogP contribution is 2.24. The van der Waals surface area contributed by atoms with Gasteiger partial charge in [-0.2, -0.15) is 11.8 Å². The van der Waals surface area contributed by atoms with Crippen LogP contribution >= 0.6 is 23.4 Å². The summed E-state index contributed by atoms with van der Waals surface area (Å²) < 4.78 is 30.8. The third kappa shape index (κ3) is 6.83. The molecule has 0 aromatic heterocycles. The zero-order valence-electron chi connectivity index (χ0n) is 16.6. The quantitative estimate of drug-likeness (QED) is 0.553. The average molecular weight is 457 g/mol. The van der Waals surface area contributed by atoms with Gasteiger partial charge in [-0.05, 0) is 42.8 Å². The number of hydrogen-bond donors (Lipinski definition) is 1. The van der Waals surface area contributed by atoms with Gasteiger partial charge in [0.1, 0.15) is 11.8 Å². The number of sulfonamides is 1. The van der Waals surface area contributed by atoms with Gasteiger partial charge in [-0.15, -0.1) is 0 Å². The molecule has 29 heavy (non-hydrogen) atoms. The Hall–Kier alpha value is -1.90. The van der Waals surface area contributed by atoms with Gasteiger partial charge in [0.05, 0.1) is 19.1 Å². The number of hydrogen-bond acceptors (Lipinski definition) is 5. The van der Waals surface area contributed by atoms with Gasteiger partial charge in [0.25, 0.3) is 0 Å². The molecule has 0 aliphatic rings. The first kappa shape index (κ1) is 23.4. The highest BCUT2D eigenvalue weighted by molar-refractivity contribution is 7.98. The first-order valence-corrected chi connectivity index (χ1v) is 12.3. The normalized spacial score (nSPS) is 12.3. The molecule has 2 rings (SSSR count). The third-order valence-electron chi connectivity index (χ3n) is 4.18. The molecule has 1 atom stereocenters. The van der Waals surface area contributed by atoms with Crippen molar-refractivity contribution in [1.29, 1.82) is 0 Å². The summed E-state index contributed by atoms with van der Waals surface area (Å²) in [4.78, 5) is 12.5. The average Bonchev–Trinajstić information content (AvgIpc) is 2.68. The molecule has 0 unspecified atom stereocenters. The zero-order chi connectivity index (χ0) is 21.4. The maximum absolute atomic E-state index is 12.5. The number of rotatable bonds is 10. The second kappa shape index (κ2) is 10.8. The number of amides is 1. The summed E-state index contributed by atoms with van der Waals surface area (Å²) in [5.41, 5.74) is 1.45. The Bertz CT molecular complexity index is 920. The van der Waals surface area contributed by atoms with Gasteiger partial charge in [0, 0.05) is 23.1 Å². The lowest BCUT2D eigenvalue weighted by Gasteiger charge is -2.28. The van der Waals surface area contributed by atoms with Gasteiger partial charge in [-0.3, -0.25) is 9.10 Å². The van der Waals surface area contributed by atoms with Crippen molar-refractivity contribution in [1.82, 2.24) is 5.32 Å². The lowest BCUT2D eigenvalue weighted by Crippen LogP contribution is -2.48. The SMILES string of the molecule is COc1ccc(N([C@@H](C)C(=O)NCCSCc2ccccc2Cl)S(C)(=O)=O)cc1. The van der Waals surface area contributed by atoms with Crippen molar-refractivity contribution in [2.45, 2.75) is 18.7 Å². The number of methoxy groups -OCH3 is 1. The maximum atomic E-state index is 12.5. The highest BCUT2D eigenvalue weighted by Gasteiger charge is 2.28. The van der Waals surface area contributed by atoms with E-state index in [0.717, 1.165) is 26.9 Å². The van der Waals surface area contributed by atoms with Crippen LogP contribution in [-0.4, -0.2) is 46.0 Å². The number of nitrogens with one attached hydrogen (secondary N) is 1. The lowest BCUT2D eigenvalue weighted by molar-refractivity contribution is -0.121. The fraction of sp³-hybridized carbons (Fsp3) is 0.350. The van der Waals surface area contributed by atoms with Crippen molar-refractivity contribution >= 4 is 45.0 Å². The first-order chi connectivity index (χ1) is 13.7. The standard InChI is InChI=1S/C20H25ClN2O4S2/c1-15(23(29(3,25)26)17-8-10-18(27-2)11-9-17)20(24)22-12-13-28-14-16-6-4-5-7-19(16)21/h4-11,15H,12-14H2,1-3H3,(H,22,24)/t15-/m0/s1. The molecule has 2 aromatic carbocycles. The number of anilines is 1. The summed E-state index contributed by atoms with van der Waals surface area (Å²) in [5, 5.41) is 3.53. The van der Waals surface area contributed by atoms with Gasteiger partial charge in [0.15, 0.2) is 0 Å². The lowest BCUT2D eigenvalue weighted by atomic mass is 10.2. The van der Waals surface area contributed by atoms with E-state index < -0.39 is 16.1 Å². The summed E-state index contributed by atoms with van der Waals surface area (Å²) in [6.07, 6.45) is 1.08. The third-order valence-corrected chi connectivity index (χ3v) is 6.79. The number of nitrogens with zero attached hydrogens (tertiary/aromatic N) is 1. The molecule has 0 radical (unpaired) electrons. The van der Waals surface area contributed by atoms with Crippen LogP contribution in [0, 0.1) is 0 Å². The predicted molar refractivity (Wildman–Crippen MR) is 120 cm³/mol. The van der Waals surface area contributed by atoms with Crippen molar-refractivity contribution in [3.05, 3.63) is 59.1 Å². The molecule has 0 bridgehead atoms. The maximum Gasteiger partial charge on any atom is 0.243 e. The van der Waals surface area contributed by atoms with Crippen LogP contribution in [0.3, 0.4) is 0 Å². The number of thioether (sulfide) groups is 1. The summed E-state index contributed by atoms with van der Waals surface area (Å²) in [5.74, 6) is 1.68. The van der Waals surface area contributed by atoms with E-state index in [1.165, 1.54) is 7.11 Å². The molecule has 0 spiro atoms. The van der Waals surface area contributed by atoms with E-state index in [-0.39, 0.29) is 5.91 Å². The molecule has 6 nitrogen and oxygen atoms in total. The molecular formula is C20H25ClN2O4S2. The zero-order valence-corrected chi connectivity index (χ0v) is 19.0. The van der Waals surface area contributed by atoms with E-state index in [9.17, 15) is 13.2 Å². The topological polar surface area (TPSA) is 75.7 Å². The van der Waals surface area contributed by atoms with E-state index in [0.29, 0.717) is 23.7 Å². The molecule has 158 valence electrons. The summed E-state index contributed by atoms with van der Waals surface area (Å²) in [6, 6.07) is 13.3. The van der Waals surface area contributed by atoms with Gasteiger partial charge in [0.2, 0.25) is 15.9 Å². The highest BCUT2D eigenvalue weighted by atomic mass is 35.5. The Morgan fingerprint density at radius 3 is 2.45 bits per heavy atom. The fourth-order valence-electron chi connectivity index (χ4n) is 2.73. The molecule has 0 saturated carbocycles. The molecular weight excluding hydrogens is 432 g/mol. The molecule has 1 amide bonds. The van der Waals surface area contributed by atoms with Crippen LogP contribution in [0.2, 0.25) is 5.02 Å². The van der Waals surface area contributed by atoms with E-state index in [4.69, 9.17) is 16.3 Å². The second-order valence-electron chi connectivity index (χ2n) is 6.37. The van der Waals surface area contributed by atoms with Crippen LogP contribution in [0.4, 0.5) is 5.69 Å². The van der Waals surface area contributed by atoms with Gasteiger partial charge in [-0.25, -0.2) is 8.42 Å². The second-order valence-corrected chi connectivity index (χ2v) is 9.74. The Labute approximate surface area is 181 Å². The Kier molecular flexibility index (Phi) is 8.67. The van der Waals surface area contributed by atoms with Crippen LogP contribution < -0.4 is 14.4 Å². The molecule has 0 fully saturated rings. The van der Waals surface area contributed by atoms with Crippen molar-refractivity contribution in [2.75, 3.05) is 30.0 Å². The van der Waals surface area contributed by atoms with Crippen LogP contribution in [-0.2, 0) is 20.6 Å². The van der Waals surface area contributed by atoms with Gasteiger partial charge in [-0.1, -0.05) is 29.8 Å². The van der Waals surface area contributed by atoms with Crippen LogP contribution in [0.5, 0.6) is 5.75 Å².